The van der Waals surface area contributed by atoms with Gasteiger partial charge in [0, 0.05) is 6.42 Å². The number of unbranched alkanes of at least 4 members (excludes halogenated alkanes) is 18. The van der Waals surface area contributed by atoms with Gasteiger partial charge in [-0.25, -0.2) is 4.57 Å². The van der Waals surface area contributed by atoms with E-state index in [1.807, 2.05) is 27.2 Å². The van der Waals surface area contributed by atoms with Gasteiger partial charge in [-0.3, -0.25) is 13.8 Å². The number of rotatable bonds is 47. The molecule has 1 amide bonds. The summed E-state index contributed by atoms with van der Waals surface area (Å²) in [7, 11) is 1.54. The summed E-state index contributed by atoms with van der Waals surface area (Å²) in [6, 6.07) is -0.862. The van der Waals surface area contributed by atoms with Gasteiger partial charge in [0.25, 0.3) is 0 Å². The van der Waals surface area contributed by atoms with Gasteiger partial charge in [-0.05, 0) is 83.5 Å². The van der Waals surface area contributed by atoms with Crippen LogP contribution in [0.25, 0.3) is 0 Å². The van der Waals surface area contributed by atoms with Crippen LogP contribution in [0.3, 0.4) is 0 Å². The Hall–Kier alpha value is -2.84. The van der Waals surface area contributed by atoms with E-state index < -0.39 is 20.0 Å². The molecule has 0 spiro atoms. The summed E-state index contributed by atoms with van der Waals surface area (Å²) < 4.78 is 23.6. The highest BCUT2D eigenvalue weighted by Crippen LogP contribution is 2.43. The van der Waals surface area contributed by atoms with Crippen molar-refractivity contribution in [1.29, 1.82) is 0 Å². The molecule has 0 heterocycles. The number of nitrogens with zero attached hydrogens (tertiary/aromatic N) is 1. The highest BCUT2D eigenvalue weighted by Gasteiger charge is 2.27. The van der Waals surface area contributed by atoms with Gasteiger partial charge in [0.15, 0.2) is 0 Å². The molecular weight excluding hydrogens is 852 g/mol. The fourth-order valence-corrected chi connectivity index (χ4v) is 7.79. The van der Waals surface area contributed by atoms with Crippen molar-refractivity contribution in [2.75, 3.05) is 40.9 Å². The molecule has 0 aliphatic carbocycles. The Labute approximate surface area is 412 Å². The van der Waals surface area contributed by atoms with Crippen molar-refractivity contribution in [2.24, 2.45) is 0 Å². The zero-order valence-corrected chi connectivity index (χ0v) is 44.5. The monoisotopic (exact) mass is 954 g/mol. The first-order chi connectivity index (χ1) is 32.5. The van der Waals surface area contributed by atoms with Gasteiger partial charge in [0.1, 0.15) is 13.2 Å². The van der Waals surface area contributed by atoms with E-state index in [4.69, 9.17) is 9.05 Å². The Morgan fingerprint density at radius 1 is 0.522 bits per heavy atom. The number of carbonyl (C=O) groups excluding carboxylic acids is 1. The Bertz CT molecular complexity index is 1450. The smallest absolute Gasteiger partial charge is 0.387 e. The van der Waals surface area contributed by atoms with Crippen LogP contribution in [0.2, 0.25) is 0 Å². The second kappa shape index (κ2) is 48.2. The second-order valence-electron chi connectivity index (χ2n) is 18.9. The minimum absolute atomic E-state index is 0.0525. The van der Waals surface area contributed by atoms with Gasteiger partial charge in [0.2, 0.25) is 5.91 Å². The maximum atomic E-state index is 12.9. The number of hydrogen-bond acceptors (Lipinski definition) is 5. The molecule has 0 bridgehead atoms. The van der Waals surface area contributed by atoms with Crippen LogP contribution in [-0.2, 0) is 18.4 Å². The summed E-state index contributed by atoms with van der Waals surface area (Å²) >= 11 is 0. The third-order valence-corrected chi connectivity index (χ3v) is 12.2. The first kappa shape index (κ1) is 64.2. The van der Waals surface area contributed by atoms with Gasteiger partial charge in [0.05, 0.1) is 39.9 Å². The zero-order chi connectivity index (χ0) is 49.2. The van der Waals surface area contributed by atoms with E-state index in [2.05, 4.69) is 116 Å². The minimum Gasteiger partial charge on any atom is -0.387 e. The normalized spacial score (nSPS) is 14.9. The fourth-order valence-electron chi connectivity index (χ4n) is 7.06. The van der Waals surface area contributed by atoms with Crippen molar-refractivity contribution in [3.05, 3.63) is 109 Å². The molecule has 0 saturated heterocycles. The van der Waals surface area contributed by atoms with Crippen molar-refractivity contribution >= 4 is 13.7 Å². The number of aliphatic hydroxyl groups is 1. The zero-order valence-electron chi connectivity index (χ0n) is 43.6. The van der Waals surface area contributed by atoms with Crippen molar-refractivity contribution in [2.45, 2.75) is 212 Å². The quantitative estimate of drug-likeness (QED) is 0.0243. The van der Waals surface area contributed by atoms with Crippen molar-refractivity contribution < 1.29 is 32.9 Å². The topological polar surface area (TPSA) is 105 Å². The van der Waals surface area contributed by atoms with Gasteiger partial charge in [-0.15, -0.1) is 0 Å². The molecule has 0 rings (SSSR count). The molecule has 0 aromatic rings. The standard InChI is InChI=1S/C58H101N2O6P/c1-6-8-10-12-14-16-18-20-22-23-24-25-26-27-28-29-30-31-32-33-34-35-36-37-38-40-42-44-46-48-50-52-58(62)59-56(55-66-67(63,64)65-54-53-60(3,4)5)57(61)51-49-47-45-43-41-39-21-19-17-15-13-11-9-7-2/h8,10,14,16,20,22,24-25,27-28,30-31,33-34,36-37,49,51,56-57,61H,6-7,9,11-13,15,17-19,21,23,26,29,32,35,38-48,50,52-55H2,1-5H3,(H-,59,62,63,64)/p+1/b10-8-,16-14-,22-20-,25-24-,28-27-,31-30-,34-33-,37-36-,51-49+. The lowest BCUT2D eigenvalue weighted by Gasteiger charge is -2.25. The predicted molar refractivity (Wildman–Crippen MR) is 290 cm³/mol. The first-order valence-electron chi connectivity index (χ1n) is 26.8. The maximum Gasteiger partial charge on any atom is 0.472 e. The largest absolute Gasteiger partial charge is 0.472 e. The number of phosphoric acid groups is 1. The number of amides is 1. The number of aliphatic hydroxyl groups excluding tert-OH is 1. The summed E-state index contributed by atoms with van der Waals surface area (Å²) in [5.41, 5.74) is 0. The molecular formula is C58H102N2O6P+. The molecule has 0 saturated carbocycles. The fraction of sp³-hybridized carbons (Fsp3) is 0.672. The maximum absolute atomic E-state index is 12.9. The van der Waals surface area contributed by atoms with Crippen LogP contribution in [0.1, 0.15) is 200 Å². The summed E-state index contributed by atoms with van der Waals surface area (Å²) in [6.07, 6.45) is 70.3. The SMILES string of the molecule is CC/C=C\C/C=C\C/C=C\C/C=C\C/C=C\C/C=C\C/C=C\C/C=C\CCCCCCCCC(=O)NC(COP(=O)(O)OCC[N+](C)(C)C)C(O)/C=C/CCCCCCCCCCCCCC. The van der Waals surface area contributed by atoms with Crippen LogP contribution in [-0.4, -0.2) is 73.4 Å². The van der Waals surface area contributed by atoms with Crippen LogP contribution in [0.5, 0.6) is 0 Å². The van der Waals surface area contributed by atoms with E-state index in [1.54, 1.807) is 6.08 Å². The molecule has 9 heteroatoms. The number of likely N-dealkylation sites (N-methyl/N-ethyl adjacent to an activating group) is 1. The number of allylic oxidation sites excluding steroid dienone is 17. The van der Waals surface area contributed by atoms with Gasteiger partial charge < -0.3 is 19.8 Å². The first-order valence-corrected chi connectivity index (χ1v) is 28.3. The van der Waals surface area contributed by atoms with Crippen molar-refractivity contribution in [3.63, 3.8) is 0 Å². The Morgan fingerprint density at radius 2 is 0.896 bits per heavy atom. The van der Waals surface area contributed by atoms with E-state index in [0.29, 0.717) is 17.4 Å². The number of nitrogens with one attached hydrogen (secondary N) is 1. The van der Waals surface area contributed by atoms with Crippen molar-refractivity contribution in [1.82, 2.24) is 5.32 Å². The molecule has 0 aliphatic heterocycles. The van der Waals surface area contributed by atoms with E-state index in [0.717, 1.165) is 103 Å². The molecule has 8 nitrogen and oxygen atoms in total. The summed E-state index contributed by atoms with van der Waals surface area (Å²) in [5.74, 6) is -0.197. The molecule has 384 valence electrons. The van der Waals surface area contributed by atoms with Gasteiger partial charge >= 0.3 is 7.82 Å². The average Bonchev–Trinajstić information content (AvgIpc) is 3.29. The molecule has 0 aliphatic rings. The Kier molecular flexibility index (Phi) is 46.2. The molecule has 3 atom stereocenters. The average molecular weight is 954 g/mol. The van der Waals surface area contributed by atoms with E-state index in [9.17, 15) is 19.4 Å². The van der Waals surface area contributed by atoms with E-state index in [-0.39, 0.29) is 19.1 Å². The van der Waals surface area contributed by atoms with E-state index >= 15 is 0 Å². The lowest BCUT2D eigenvalue weighted by molar-refractivity contribution is -0.870. The molecule has 3 unspecified atom stereocenters. The highest BCUT2D eigenvalue weighted by molar-refractivity contribution is 7.47. The summed E-state index contributed by atoms with van der Waals surface area (Å²) in [5, 5.41) is 13.9. The lowest BCUT2D eigenvalue weighted by Crippen LogP contribution is -2.45. The Balaban J connectivity index is 4.28. The van der Waals surface area contributed by atoms with Gasteiger partial charge in [-0.2, -0.15) is 0 Å². The highest BCUT2D eigenvalue weighted by atomic mass is 31.2. The van der Waals surface area contributed by atoms with Crippen LogP contribution < -0.4 is 5.32 Å². The number of quaternary nitrogens is 1. The van der Waals surface area contributed by atoms with Crippen LogP contribution >= 0.6 is 7.82 Å². The van der Waals surface area contributed by atoms with Crippen molar-refractivity contribution in [3.8, 4) is 0 Å². The summed E-state index contributed by atoms with van der Waals surface area (Å²) in [4.78, 5) is 23.2. The third kappa shape index (κ3) is 50.9. The molecule has 0 aromatic carbocycles. The minimum atomic E-state index is -4.35. The molecule has 0 fully saturated rings. The summed E-state index contributed by atoms with van der Waals surface area (Å²) in [6.45, 7) is 4.67. The van der Waals surface area contributed by atoms with Crippen LogP contribution in [0.4, 0.5) is 0 Å². The molecule has 0 radical (unpaired) electrons. The predicted octanol–water partition coefficient (Wildman–Crippen LogP) is 16.0. The molecule has 0 aromatic heterocycles. The Morgan fingerprint density at radius 3 is 1.31 bits per heavy atom. The second-order valence-corrected chi connectivity index (χ2v) is 20.3. The molecule has 67 heavy (non-hydrogen) atoms. The lowest BCUT2D eigenvalue weighted by atomic mass is 10.0. The number of carbonyl (C=O) groups is 1. The van der Waals surface area contributed by atoms with Crippen LogP contribution in [0.15, 0.2) is 109 Å². The van der Waals surface area contributed by atoms with E-state index in [1.165, 1.54) is 77.0 Å². The van der Waals surface area contributed by atoms with Crippen LogP contribution in [0, 0.1) is 0 Å². The third-order valence-electron chi connectivity index (χ3n) is 11.2. The number of phosphoric ester groups is 1. The van der Waals surface area contributed by atoms with Gasteiger partial charge in [-0.1, -0.05) is 220 Å². The molecule has 3 N–H and O–H groups in total. The number of hydrogen-bond donors (Lipinski definition) is 3.